The largest absolute Gasteiger partial charge is 0.507 e. The van der Waals surface area contributed by atoms with Gasteiger partial charge in [0.15, 0.2) is 11.9 Å². The molecule has 1 aromatic carbocycles. The number of ether oxygens (including phenoxy) is 1. The first-order valence-electron chi connectivity index (χ1n) is 6.16. The van der Waals surface area contributed by atoms with Crippen LogP contribution in [0.2, 0.25) is 0 Å². The highest BCUT2D eigenvalue weighted by Gasteiger charge is 2.29. The molecule has 0 aliphatic rings. The van der Waals surface area contributed by atoms with E-state index in [1.54, 1.807) is 13.8 Å². The molecule has 2 atom stereocenters. The van der Waals surface area contributed by atoms with E-state index >= 15 is 0 Å². The lowest BCUT2D eigenvalue weighted by atomic mass is 9.95. The van der Waals surface area contributed by atoms with Gasteiger partial charge in [0.05, 0.1) is 12.2 Å². The predicted molar refractivity (Wildman–Crippen MR) is 70.4 cm³/mol. The van der Waals surface area contributed by atoms with Crippen molar-refractivity contribution in [3.8, 4) is 5.75 Å². The van der Waals surface area contributed by atoms with Gasteiger partial charge in [-0.25, -0.2) is 4.79 Å². The van der Waals surface area contributed by atoms with E-state index in [-0.39, 0.29) is 29.3 Å². The Morgan fingerprint density at radius 2 is 1.90 bits per heavy atom. The molecule has 6 nitrogen and oxygen atoms in total. The third kappa shape index (κ3) is 3.34. The van der Waals surface area contributed by atoms with Crippen LogP contribution < -0.4 is 0 Å². The molecule has 0 spiro atoms. The van der Waals surface area contributed by atoms with Crippen LogP contribution in [0.5, 0.6) is 5.75 Å². The number of phenols is 1. The Morgan fingerprint density at radius 1 is 1.30 bits per heavy atom. The lowest BCUT2D eigenvalue weighted by Gasteiger charge is -2.19. The molecule has 0 fully saturated rings. The molecule has 0 aromatic heterocycles. The fourth-order valence-corrected chi connectivity index (χ4v) is 1.84. The maximum Gasteiger partial charge on any atom is 0.338 e. The molecule has 0 saturated carbocycles. The van der Waals surface area contributed by atoms with Crippen molar-refractivity contribution in [3.63, 3.8) is 0 Å². The highest BCUT2D eigenvalue weighted by molar-refractivity contribution is 5.97. The van der Waals surface area contributed by atoms with Gasteiger partial charge in [-0.2, -0.15) is 0 Å². The van der Waals surface area contributed by atoms with Gasteiger partial charge in [-0.05, 0) is 44.0 Å². The quantitative estimate of drug-likeness (QED) is 0.546. The Labute approximate surface area is 116 Å². The van der Waals surface area contributed by atoms with Crippen molar-refractivity contribution >= 4 is 11.8 Å². The van der Waals surface area contributed by atoms with Gasteiger partial charge in [0.2, 0.25) is 0 Å². The van der Waals surface area contributed by atoms with Gasteiger partial charge in [0, 0.05) is 0 Å². The Bertz CT molecular complexity index is 523. The molecule has 110 valence electrons. The number of carbonyl (C=O) groups is 2. The number of esters is 1. The zero-order valence-electron chi connectivity index (χ0n) is 11.6. The van der Waals surface area contributed by atoms with E-state index in [9.17, 15) is 24.9 Å². The van der Waals surface area contributed by atoms with Crippen LogP contribution in [0, 0.1) is 6.92 Å². The summed E-state index contributed by atoms with van der Waals surface area (Å²) in [6, 6.07) is 2.56. The molecule has 1 rings (SSSR count). The Morgan fingerprint density at radius 3 is 2.40 bits per heavy atom. The Balaban J connectivity index is 3.11. The number of phenolic OH excluding ortho intramolecular Hbond substituents is 1. The summed E-state index contributed by atoms with van der Waals surface area (Å²) in [6.07, 6.45) is -3.29. The number of ketones is 1. The molecular weight excluding hydrogens is 264 g/mol. The van der Waals surface area contributed by atoms with Gasteiger partial charge < -0.3 is 20.1 Å². The molecule has 0 amide bonds. The summed E-state index contributed by atoms with van der Waals surface area (Å²) in [5.41, 5.74) is 0.751. The summed E-state index contributed by atoms with van der Waals surface area (Å²) in [7, 11) is 0. The average Bonchev–Trinajstić information content (AvgIpc) is 2.39. The highest BCUT2D eigenvalue weighted by Crippen LogP contribution is 2.29. The van der Waals surface area contributed by atoms with Crippen LogP contribution in [-0.2, 0) is 9.53 Å². The monoisotopic (exact) mass is 282 g/mol. The number of aromatic hydroxyl groups is 1. The van der Waals surface area contributed by atoms with E-state index in [1.807, 2.05) is 0 Å². The minimum atomic E-state index is -1.75. The van der Waals surface area contributed by atoms with Crippen LogP contribution in [0.1, 0.15) is 41.4 Å². The first kappa shape index (κ1) is 16.1. The van der Waals surface area contributed by atoms with E-state index in [0.717, 1.165) is 0 Å². The SMILES string of the molecule is CCOC(=O)C(O)C(O)c1cc(O)c(C(C)=O)cc1C. The van der Waals surface area contributed by atoms with E-state index in [2.05, 4.69) is 4.74 Å². The lowest BCUT2D eigenvalue weighted by molar-refractivity contribution is -0.159. The van der Waals surface area contributed by atoms with Crippen molar-refractivity contribution in [1.82, 2.24) is 0 Å². The van der Waals surface area contributed by atoms with E-state index in [0.29, 0.717) is 5.56 Å². The van der Waals surface area contributed by atoms with Crippen molar-refractivity contribution in [2.45, 2.75) is 33.0 Å². The van der Waals surface area contributed by atoms with E-state index in [1.165, 1.54) is 19.1 Å². The molecular formula is C14H18O6. The van der Waals surface area contributed by atoms with Crippen LogP contribution in [0.15, 0.2) is 12.1 Å². The number of benzene rings is 1. The van der Waals surface area contributed by atoms with Crippen LogP contribution >= 0.6 is 0 Å². The standard InChI is InChI=1S/C14H18O6/c1-4-20-14(19)13(18)12(17)9-6-11(16)10(8(3)15)5-7(9)2/h5-6,12-13,16-18H,4H2,1-3H3. The number of Topliss-reactive ketones (excluding diaryl/α,β-unsaturated/α-hetero) is 1. The van der Waals surface area contributed by atoms with Gasteiger partial charge in [-0.3, -0.25) is 4.79 Å². The van der Waals surface area contributed by atoms with Crippen molar-refractivity contribution in [3.05, 3.63) is 28.8 Å². The molecule has 0 heterocycles. The number of aliphatic hydroxyl groups excluding tert-OH is 2. The third-order valence-corrected chi connectivity index (χ3v) is 2.91. The fourth-order valence-electron chi connectivity index (χ4n) is 1.84. The van der Waals surface area contributed by atoms with Crippen LogP contribution in [0.4, 0.5) is 0 Å². The van der Waals surface area contributed by atoms with Crippen molar-refractivity contribution in [2.75, 3.05) is 6.61 Å². The van der Waals surface area contributed by atoms with Crippen molar-refractivity contribution in [1.29, 1.82) is 0 Å². The molecule has 1 aromatic rings. The minimum Gasteiger partial charge on any atom is -0.507 e. The molecule has 0 bridgehead atoms. The number of hydrogen-bond donors (Lipinski definition) is 3. The predicted octanol–water partition coefficient (Wildman–Crippen LogP) is 0.861. The zero-order valence-corrected chi connectivity index (χ0v) is 11.6. The van der Waals surface area contributed by atoms with Gasteiger partial charge in [-0.1, -0.05) is 0 Å². The van der Waals surface area contributed by atoms with Crippen LogP contribution in [-0.4, -0.2) is 39.8 Å². The second kappa shape index (κ2) is 6.49. The smallest absolute Gasteiger partial charge is 0.338 e. The number of aryl methyl sites for hydroxylation is 1. The third-order valence-electron chi connectivity index (χ3n) is 2.91. The van der Waals surface area contributed by atoms with E-state index in [4.69, 9.17) is 0 Å². The molecule has 6 heteroatoms. The molecule has 3 N–H and O–H groups in total. The first-order chi connectivity index (χ1) is 9.29. The molecule has 0 saturated heterocycles. The second-order valence-electron chi connectivity index (χ2n) is 4.42. The van der Waals surface area contributed by atoms with E-state index < -0.39 is 18.2 Å². The number of aliphatic hydroxyl groups is 2. The van der Waals surface area contributed by atoms with Gasteiger partial charge in [0.25, 0.3) is 0 Å². The lowest BCUT2D eigenvalue weighted by Crippen LogP contribution is -2.30. The summed E-state index contributed by atoms with van der Waals surface area (Å²) in [5, 5.41) is 29.4. The summed E-state index contributed by atoms with van der Waals surface area (Å²) < 4.78 is 4.61. The van der Waals surface area contributed by atoms with Crippen LogP contribution in [0.3, 0.4) is 0 Å². The maximum atomic E-state index is 11.4. The normalized spacial score (nSPS) is 13.7. The maximum absolute atomic E-state index is 11.4. The summed E-state index contributed by atoms with van der Waals surface area (Å²) >= 11 is 0. The number of rotatable bonds is 5. The summed E-state index contributed by atoms with van der Waals surface area (Å²) in [6.45, 7) is 4.56. The molecule has 20 heavy (non-hydrogen) atoms. The summed E-state index contributed by atoms with van der Waals surface area (Å²) in [4.78, 5) is 22.7. The van der Waals surface area contributed by atoms with Gasteiger partial charge in [0.1, 0.15) is 11.9 Å². The zero-order chi connectivity index (χ0) is 15.4. The summed E-state index contributed by atoms with van der Waals surface area (Å²) in [5.74, 6) is -1.58. The second-order valence-corrected chi connectivity index (χ2v) is 4.42. The Hall–Kier alpha value is -1.92. The number of hydrogen-bond acceptors (Lipinski definition) is 6. The molecule has 0 aliphatic carbocycles. The Kier molecular flexibility index (Phi) is 5.24. The average molecular weight is 282 g/mol. The van der Waals surface area contributed by atoms with Gasteiger partial charge in [-0.15, -0.1) is 0 Å². The fraction of sp³-hybridized carbons (Fsp3) is 0.429. The van der Waals surface area contributed by atoms with Crippen molar-refractivity contribution < 1.29 is 29.6 Å². The van der Waals surface area contributed by atoms with Crippen LogP contribution in [0.25, 0.3) is 0 Å². The van der Waals surface area contributed by atoms with Gasteiger partial charge >= 0.3 is 5.97 Å². The minimum absolute atomic E-state index is 0.0795. The van der Waals surface area contributed by atoms with Crippen molar-refractivity contribution in [2.24, 2.45) is 0 Å². The molecule has 0 radical (unpaired) electrons. The topological polar surface area (TPSA) is 104 Å². The molecule has 2 unspecified atom stereocenters. The number of carbonyl (C=O) groups excluding carboxylic acids is 2. The highest BCUT2D eigenvalue weighted by atomic mass is 16.5. The first-order valence-corrected chi connectivity index (χ1v) is 6.16. The molecule has 0 aliphatic heterocycles.